The Bertz CT molecular complexity index is 410. The summed E-state index contributed by atoms with van der Waals surface area (Å²) in [5, 5.41) is 9.40. The van der Waals surface area contributed by atoms with Gasteiger partial charge in [-0.1, -0.05) is 19.1 Å². The summed E-state index contributed by atoms with van der Waals surface area (Å²) in [6, 6.07) is 8.42. The molecule has 0 aliphatic carbocycles. The van der Waals surface area contributed by atoms with Gasteiger partial charge in [0.15, 0.2) is 0 Å². The molecule has 0 amide bonds. The number of aliphatic hydroxyl groups excluding tert-OH is 1. The van der Waals surface area contributed by atoms with Gasteiger partial charge in [-0.25, -0.2) is 0 Å². The summed E-state index contributed by atoms with van der Waals surface area (Å²) in [7, 11) is 1.73. The highest BCUT2D eigenvalue weighted by Gasteiger charge is 2.31. The summed E-state index contributed by atoms with van der Waals surface area (Å²) in [5.41, 5.74) is 1.29. The van der Waals surface area contributed by atoms with Gasteiger partial charge in [-0.05, 0) is 30.5 Å². The molecule has 1 aliphatic heterocycles. The number of hydrogen-bond donors (Lipinski definition) is 1. The van der Waals surface area contributed by atoms with Crippen molar-refractivity contribution in [2.45, 2.75) is 31.9 Å². The van der Waals surface area contributed by atoms with Crippen molar-refractivity contribution < 1.29 is 14.6 Å². The first-order valence-electron chi connectivity index (χ1n) is 7.36. The van der Waals surface area contributed by atoms with Crippen molar-refractivity contribution in [1.82, 2.24) is 4.90 Å². The summed E-state index contributed by atoms with van der Waals surface area (Å²) in [4.78, 5) is 2.25. The molecule has 0 spiro atoms. The van der Waals surface area contributed by atoms with Crippen molar-refractivity contribution in [1.29, 1.82) is 0 Å². The van der Waals surface area contributed by atoms with E-state index in [0.717, 1.165) is 31.7 Å². The van der Waals surface area contributed by atoms with Crippen LogP contribution in [0, 0.1) is 0 Å². The van der Waals surface area contributed by atoms with Gasteiger partial charge in [0.2, 0.25) is 0 Å². The number of hydrogen-bond acceptors (Lipinski definition) is 4. The molecule has 2 rings (SSSR count). The number of ether oxygens (including phenoxy) is 2. The third-order valence-corrected chi connectivity index (χ3v) is 3.99. The molecule has 4 heteroatoms. The lowest BCUT2D eigenvalue weighted by Gasteiger charge is -2.22. The lowest BCUT2D eigenvalue weighted by molar-refractivity contribution is 0.105. The van der Waals surface area contributed by atoms with Gasteiger partial charge in [0.05, 0.1) is 12.7 Å². The standard InChI is InChI=1S/C16H25NO3/c1-3-13-5-4-6-15(9-13)20-8-7-17-11-16(19-2)10-14(17)12-18/h4-6,9,14,16,18H,3,7-8,10-12H2,1-2H3/t14-,16+/m0/s1. The highest BCUT2D eigenvalue weighted by Crippen LogP contribution is 2.19. The first-order chi connectivity index (χ1) is 9.76. The van der Waals surface area contributed by atoms with Gasteiger partial charge in [-0.15, -0.1) is 0 Å². The molecule has 1 aliphatic rings. The van der Waals surface area contributed by atoms with Crippen LogP contribution < -0.4 is 4.74 Å². The Morgan fingerprint density at radius 2 is 2.25 bits per heavy atom. The Balaban J connectivity index is 1.80. The van der Waals surface area contributed by atoms with E-state index < -0.39 is 0 Å². The second-order valence-corrected chi connectivity index (χ2v) is 5.27. The predicted molar refractivity (Wildman–Crippen MR) is 79.2 cm³/mol. The summed E-state index contributed by atoms with van der Waals surface area (Å²) in [6.45, 7) is 4.66. The average Bonchev–Trinajstić information content (AvgIpc) is 2.90. The number of methoxy groups -OCH3 is 1. The third kappa shape index (κ3) is 3.95. The van der Waals surface area contributed by atoms with E-state index >= 15 is 0 Å². The topological polar surface area (TPSA) is 41.9 Å². The third-order valence-electron chi connectivity index (χ3n) is 3.99. The van der Waals surface area contributed by atoms with E-state index in [4.69, 9.17) is 9.47 Å². The van der Waals surface area contributed by atoms with Gasteiger partial charge in [0.25, 0.3) is 0 Å². The molecule has 2 atom stereocenters. The number of aryl methyl sites for hydroxylation is 1. The Labute approximate surface area is 121 Å². The van der Waals surface area contributed by atoms with Crippen LogP contribution in [0.1, 0.15) is 18.9 Å². The van der Waals surface area contributed by atoms with Crippen molar-refractivity contribution in [3.63, 3.8) is 0 Å². The molecule has 0 aromatic heterocycles. The van der Waals surface area contributed by atoms with Crippen LogP contribution in [0.25, 0.3) is 0 Å². The SMILES string of the molecule is CCc1cccc(OCCN2C[C@H](OC)C[C@H]2CO)c1. The fourth-order valence-corrected chi connectivity index (χ4v) is 2.71. The summed E-state index contributed by atoms with van der Waals surface area (Å²) in [5.74, 6) is 0.924. The lowest BCUT2D eigenvalue weighted by Crippen LogP contribution is -2.35. The quantitative estimate of drug-likeness (QED) is 0.825. The van der Waals surface area contributed by atoms with Gasteiger partial charge < -0.3 is 14.6 Å². The van der Waals surface area contributed by atoms with Crippen LogP contribution in [-0.2, 0) is 11.2 Å². The second-order valence-electron chi connectivity index (χ2n) is 5.27. The van der Waals surface area contributed by atoms with Crippen LogP contribution in [0.5, 0.6) is 5.75 Å². The fourth-order valence-electron chi connectivity index (χ4n) is 2.71. The predicted octanol–water partition coefficient (Wildman–Crippen LogP) is 1.71. The van der Waals surface area contributed by atoms with Gasteiger partial charge in [0.1, 0.15) is 12.4 Å². The summed E-state index contributed by atoms with van der Waals surface area (Å²) >= 11 is 0. The molecule has 1 aromatic carbocycles. The minimum atomic E-state index is 0.186. The largest absolute Gasteiger partial charge is 0.492 e. The lowest BCUT2D eigenvalue weighted by atomic mass is 10.2. The number of benzene rings is 1. The van der Waals surface area contributed by atoms with Crippen molar-refractivity contribution in [3.05, 3.63) is 29.8 Å². The van der Waals surface area contributed by atoms with Gasteiger partial charge in [-0.3, -0.25) is 4.90 Å². The molecule has 0 unspecified atom stereocenters. The normalized spacial score (nSPS) is 23.1. The molecule has 0 saturated carbocycles. The van der Waals surface area contributed by atoms with Crippen LogP contribution in [0.4, 0.5) is 0 Å². The maximum Gasteiger partial charge on any atom is 0.119 e. The molecule has 1 heterocycles. The number of aliphatic hydroxyl groups is 1. The van der Waals surface area contributed by atoms with E-state index in [1.807, 2.05) is 12.1 Å². The first-order valence-corrected chi connectivity index (χ1v) is 7.36. The minimum absolute atomic E-state index is 0.186. The van der Waals surface area contributed by atoms with Gasteiger partial charge in [-0.2, -0.15) is 0 Å². The monoisotopic (exact) mass is 279 g/mol. The molecule has 1 fully saturated rings. The van der Waals surface area contributed by atoms with E-state index in [2.05, 4.69) is 24.0 Å². The second kappa shape index (κ2) is 7.62. The smallest absolute Gasteiger partial charge is 0.119 e. The molecule has 112 valence electrons. The molecule has 1 saturated heterocycles. The summed E-state index contributed by atoms with van der Waals surface area (Å²) < 4.78 is 11.2. The molecular weight excluding hydrogens is 254 g/mol. The molecule has 0 radical (unpaired) electrons. The van der Waals surface area contributed by atoms with Crippen LogP contribution in [-0.4, -0.2) is 55.6 Å². The van der Waals surface area contributed by atoms with Gasteiger partial charge in [0, 0.05) is 26.2 Å². The fraction of sp³-hybridized carbons (Fsp3) is 0.625. The number of likely N-dealkylation sites (tertiary alicyclic amines) is 1. The Morgan fingerprint density at radius 1 is 1.40 bits per heavy atom. The maximum atomic E-state index is 9.40. The van der Waals surface area contributed by atoms with E-state index in [1.54, 1.807) is 7.11 Å². The summed E-state index contributed by atoms with van der Waals surface area (Å²) in [6.07, 6.45) is 2.15. The van der Waals surface area contributed by atoms with E-state index in [1.165, 1.54) is 5.56 Å². The first kappa shape index (κ1) is 15.3. The molecule has 1 N–H and O–H groups in total. The van der Waals surface area contributed by atoms with Crippen molar-refractivity contribution in [2.75, 3.05) is 33.4 Å². The highest BCUT2D eigenvalue weighted by atomic mass is 16.5. The Hall–Kier alpha value is -1.10. The van der Waals surface area contributed by atoms with E-state index in [-0.39, 0.29) is 18.8 Å². The zero-order chi connectivity index (χ0) is 14.4. The van der Waals surface area contributed by atoms with Crippen LogP contribution in [0.3, 0.4) is 0 Å². The van der Waals surface area contributed by atoms with Crippen molar-refractivity contribution >= 4 is 0 Å². The van der Waals surface area contributed by atoms with E-state index in [9.17, 15) is 5.11 Å². The Kier molecular flexibility index (Phi) is 5.83. The number of rotatable bonds is 7. The molecule has 1 aromatic rings. The van der Waals surface area contributed by atoms with Gasteiger partial charge >= 0.3 is 0 Å². The van der Waals surface area contributed by atoms with Crippen LogP contribution >= 0.6 is 0 Å². The number of nitrogens with zero attached hydrogens (tertiary/aromatic N) is 1. The van der Waals surface area contributed by atoms with Crippen molar-refractivity contribution in [2.24, 2.45) is 0 Å². The molecule has 20 heavy (non-hydrogen) atoms. The van der Waals surface area contributed by atoms with Crippen LogP contribution in [0.2, 0.25) is 0 Å². The molecule has 4 nitrogen and oxygen atoms in total. The average molecular weight is 279 g/mol. The molecule has 0 bridgehead atoms. The minimum Gasteiger partial charge on any atom is -0.492 e. The highest BCUT2D eigenvalue weighted by molar-refractivity contribution is 5.28. The van der Waals surface area contributed by atoms with Crippen LogP contribution in [0.15, 0.2) is 24.3 Å². The Morgan fingerprint density at radius 3 is 2.95 bits per heavy atom. The van der Waals surface area contributed by atoms with Crippen molar-refractivity contribution in [3.8, 4) is 5.75 Å². The zero-order valence-electron chi connectivity index (χ0n) is 12.4. The van der Waals surface area contributed by atoms with E-state index in [0.29, 0.717) is 6.61 Å². The zero-order valence-corrected chi connectivity index (χ0v) is 12.4. The maximum absolute atomic E-state index is 9.40. The molecular formula is C16H25NO3.